The lowest BCUT2D eigenvalue weighted by Gasteiger charge is -1.89. The summed E-state index contributed by atoms with van der Waals surface area (Å²) in [6, 6.07) is 0. The average molecular weight is 170 g/mol. The number of ether oxygens (including phenoxy) is 1. The van der Waals surface area contributed by atoms with Gasteiger partial charge in [-0.3, -0.25) is 4.79 Å². The van der Waals surface area contributed by atoms with Crippen molar-refractivity contribution in [3.8, 4) is 0 Å². The summed E-state index contributed by atoms with van der Waals surface area (Å²) in [7, 11) is 1.94. The summed E-state index contributed by atoms with van der Waals surface area (Å²) in [5.74, 6) is -0.211. The van der Waals surface area contributed by atoms with Gasteiger partial charge in [0.25, 0.3) is 0 Å². The Morgan fingerprint density at radius 3 is 2.42 bits per heavy atom. The van der Waals surface area contributed by atoms with Crippen molar-refractivity contribution in [1.29, 1.82) is 0 Å². The Kier molecular flexibility index (Phi) is 5.69. The van der Waals surface area contributed by atoms with Gasteiger partial charge in [0, 0.05) is 26.4 Å². The molecule has 0 aliphatic heterocycles. The number of aromatic nitrogens is 2. The van der Waals surface area contributed by atoms with E-state index in [9.17, 15) is 4.79 Å². The van der Waals surface area contributed by atoms with Gasteiger partial charge in [-0.25, -0.2) is 4.98 Å². The van der Waals surface area contributed by atoms with Crippen LogP contribution in [-0.4, -0.2) is 22.1 Å². The fourth-order valence-electron chi connectivity index (χ4n) is 0.529. The molecule has 0 aliphatic rings. The Balaban J connectivity index is 0.000000202. The monoisotopic (exact) mass is 170 g/mol. The molecule has 0 fully saturated rings. The number of hydrogen-bond donors (Lipinski definition) is 0. The zero-order valence-electron chi connectivity index (χ0n) is 7.65. The highest BCUT2D eigenvalue weighted by Crippen LogP contribution is 1.73. The maximum Gasteiger partial charge on any atom is 0.302 e. The van der Waals surface area contributed by atoms with Crippen molar-refractivity contribution in [1.82, 2.24) is 9.55 Å². The topological polar surface area (TPSA) is 44.1 Å². The van der Waals surface area contributed by atoms with Crippen molar-refractivity contribution >= 4 is 5.97 Å². The van der Waals surface area contributed by atoms with E-state index in [1.165, 1.54) is 6.92 Å². The van der Waals surface area contributed by atoms with Crippen LogP contribution in [0.25, 0.3) is 0 Å². The second kappa shape index (κ2) is 6.39. The van der Waals surface area contributed by atoms with Gasteiger partial charge in [-0.15, -0.1) is 0 Å². The molecule has 0 amide bonds. The maximum atomic E-state index is 9.82. The number of esters is 1. The van der Waals surface area contributed by atoms with Crippen molar-refractivity contribution in [2.45, 2.75) is 13.8 Å². The van der Waals surface area contributed by atoms with E-state index in [1.807, 2.05) is 17.8 Å². The third kappa shape index (κ3) is 6.80. The standard InChI is InChI=1S/C4H6N2.C4H8O2/c1-6-3-2-5-4-6;1-3-6-4(2)5/h2-4H,1H3;3H2,1-2H3. The van der Waals surface area contributed by atoms with Crippen LogP contribution in [0.3, 0.4) is 0 Å². The third-order valence-corrected chi connectivity index (χ3v) is 0.984. The van der Waals surface area contributed by atoms with Gasteiger partial charge < -0.3 is 9.30 Å². The minimum Gasteiger partial charge on any atom is -0.466 e. The summed E-state index contributed by atoms with van der Waals surface area (Å²) in [5.41, 5.74) is 0. The van der Waals surface area contributed by atoms with E-state index in [2.05, 4.69) is 9.72 Å². The second-order valence-electron chi connectivity index (χ2n) is 2.15. The normalized spacial score (nSPS) is 8.25. The molecule has 0 unspecified atom stereocenters. The van der Waals surface area contributed by atoms with Crippen molar-refractivity contribution in [3.63, 3.8) is 0 Å². The Morgan fingerprint density at radius 1 is 1.67 bits per heavy atom. The number of carbonyl (C=O) groups is 1. The molecule has 0 spiro atoms. The third-order valence-electron chi connectivity index (χ3n) is 0.984. The highest BCUT2D eigenvalue weighted by atomic mass is 16.5. The molecule has 1 rings (SSSR count). The maximum absolute atomic E-state index is 9.82. The van der Waals surface area contributed by atoms with Gasteiger partial charge in [0.05, 0.1) is 12.9 Å². The van der Waals surface area contributed by atoms with Gasteiger partial charge in [-0.05, 0) is 6.92 Å². The van der Waals surface area contributed by atoms with Crippen LogP contribution in [0, 0.1) is 0 Å². The van der Waals surface area contributed by atoms with E-state index in [1.54, 1.807) is 19.4 Å². The first-order valence-electron chi connectivity index (χ1n) is 3.72. The molecule has 4 heteroatoms. The van der Waals surface area contributed by atoms with E-state index in [-0.39, 0.29) is 5.97 Å². The molecular formula is C8H14N2O2. The van der Waals surface area contributed by atoms with Crippen molar-refractivity contribution < 1.29 is 9.53 Å². The minimum absolute atomic E-state index is 0.211. The molecular weight excluding hydrogens is 156 g/mol. The lowest BCUT2D eigenvalue weighted by Crippen LogP contribution is -1.95. The Labute approximate surface area is 72.2 Å². The molecule has 12 heavy (non-hydrogen) atoms. The van der Waals surface area contributed by atoms with Crippen molar-refractivity contribution in [2.24, 2.45) is 7.05 Å². The van der Waals surface area contributed by atoms with E-state index >= 15 is 0 Å². The fourth-order valence-corrected chi connectivity index (χ4v) is 0.529. The molecule has 0 saturated carbocycles. The number of aryl methyl sites for hydroxylation is 1. The van der Waals surface area contributed by atoms with Crippen molar-refractivity contribution in [3.05, 3.63) is 18.7 Å². The summed E-state index contributed by atoms with van der Waals surface area (Å²) in [5, 5.41) is 0. The molecule has 0 bridgehead atoms. The summed E-state index contributed by atoms with van der Waals surface area (Å²) in [6.45, 7) is 3.65. The highest BCUT2D eigenvalue weighted by molar-refractivity contribution is 5.65. The average Bonchev–Trinajstić information content (AvgIpc) is 2.40. The Morgan fingerprint density at radius 2 is 2.33 bits per heavy atom. The van der Waals surface area contributed by atoms with Crippen LogP contribution in [0.5, 0.6) is 0 Å². The summed E-state index contributed by atoms with van der Waals surface area (Å²) >= 11 is 0. The molecule has 0 saturated heterocycles. The SMILES string of the molecule is CCOC(C)=O.Cn1ccnc1. The highest BCUT2D eigenvalue weighted by Gasteiger charge is 1.81. The van der Waals surface area contributed by atoms with Crippen molar-refractivity contribution in [2.75, 3.05) is 6.61 Å². The summed E-state index contributed by atoms with van der Waals surface area (Å²) in [6.07, 6.45) is 5.39. The second-order valence-corrected chi connectivity index (χ2v) is 2.15. The molecule has 68 valence electrons. The summed E-state index contributed by atoms with van der Waals surface area (Å²) < 4.78 is 6.29. The van der Waals surface area contributed by atoms with Gasteiger partial charge in [0.2, 0.25) is 0 Å². The van der Waals surface area contributed by atoms with E-state index < -0.39 is 0 Å². The molecule has 1 aromatic heterocycles. The van der Waals surface area contributed by atoms with Crippen LogP contribution in [0.4, 0.5) is 0 Å². The fraction of sp³-hybridized carbons (Fsp3) is 0.500. The number of imidazole rings is 1. The van der Waals surface area contributed by atoms with E-state index in [0.29, 0.717) is 6.61 Å². The lowest BCUT2D eigenvalue weighted by atomic mass is 10.8. The van der Waals surface area contributed by atoms with Gasteiger partial charge in [0.1, 0.15) is 0 Å². The van der Waals surface area contributed by atoms with Gasteiger partial charge >= 0.3 is 5.97 Å². The predicted octanol–water partition coefficient (Wildman–Crippen LogP) is 0.989. The number of carbonyl (C=O) groups excluding carboxylic acids is 1. The summed E-state index contributed by atoms with van der Waals surface area (Å²) in [4.78, 5) is 13.6. The molecule has 0 aliphatic carbocycles. The van der Waals surface area contributed by atoms with Gasteiger partial charge in [-0.1, -0.05) is 0 Å². The molecule has 0 radical (unpaired) electrons. The largest absolute Gasteiger partial charge is 0.466 e. The smallest absolute Gasteiger partial charge is 0.302 e. The number of hydrogen-bond acceptors (Lipinski definition) is 3. The zero-order chi connectivity index (χ0) is 9.40. The minimum atomic E-state index is -0.211. The van der Waals surface area contributed by atoms with Crippen LogP contribution in [-0.2, 0) is 16.6 Å². The first kappa shape index (κ1) is 10.7. The first-order valence-corrected chi connectivity index (χ1v) is 3.72. The van der Waals surface area contributed by atoms with Gasteiger partial charge in [0.15, 0.2) is 0 Å². The van der Waals surface area contributed by atoms with Crippen LogP contribution < -0.4 is 0 Å². The van der Waals surface area contributed by atoms with Crippen LogP contribution in [0.1, 0.15) is 13.8 Å². The predicted molar refractivity (Wildman–Crippen MR) is 45.5 cm³/mol. The van der Waals surface area contributed by atoms with E-state index in [0.717, 1.165) is 0 Å². The molecule has 1 aromatic rings. The van der Waals surface area contributed by atoms with E-state index in [4.69, 9.17) is 0 Å². The Bertz CT molecular complexity index is 207. The zero-order valence-corrected chi connectivity index (χ0v) is 7.65. The van der Waals surface area contributed by atoms with Gasteiger partial charge in [-0.2, -0.15) is 0 Å². The van der Waals surface area contributed by atoms with Crippen LogP contribution in [0.15, 0.2) is 18.7 Å². The Hall–Kier alpha value is -1.32. The molecule has 4 nitrogen and oxygen atoms in total. The molecule has 0 atom stereocenters. The van der Waals surface area contributed by atoms with Crippen LogP contribution >= 0.6 is 0 Å². The molecule has 1 heterocycles. The molecule has 0 N–H and O–H groups in total. The number of nitrogens with zero attached hydrogens (tertiary/aromatic N) is 2. The quantitative estimate of drug-likeness (QED) is 0.590. The van der Waals surface area contributed by atoms with Crippen LogP contribution in [0.2, 0.25) is 0 Å². The first-order chi connectivity index (χ1) is 5.66. The number of rotatable bonds is 1. The molecule has 0 aromatic carbocycles. The lowest BCUT2D eigenvalue weighted by molar-refractivity contribution is -0.140.